The van der Waals surface area contributed by atoms with Crippen LogP contribution in [0.1, 0.15) is 0 Å². The van der Waals surface area contributed by atoms with Crippen LogP contribution in [0.5, 0.6) is 11.5 Å². The van der Waals surface area contributed by atoms with Crippen LogP contribution < -0.4 is 9.64 Å². The highest BCUT2D eigenvalue weighted by molar-refractivity contribution is 6.16. The predicted molar refractivity (Wildman–Crippen MR) is 212 cm³/mol. The summed E-state index contributed by atoms with van der Waals surface area (Å²) in [7, 11) is 0. The van der Waals surface area contributed by atoms with Crippen LogP contribution in [0.4, 0.5) is 17.1 Å². The smallest absolute Gasteiger partial charge is 0.152 e. The lowest BCUT2D eigenvalue weighted by molar-refractivity contribution is 0.476. The Hall–Kier alpha value is -6.84. The fourth-order valence-electron chi connectivity index (χ4n) is 7.59. The summed E-state index contributed by atoms with van der Waals surface area (Å²) < 4.78 is 8.78. The van der Waals surface area contributed by atoms with Crippen LogP contribution >= 0.6 is 0 Å². The van der Waals surface area contributed by atoms with Crippen molar-refractivity contribution in [2.75, 3.05) is 4.90 Å². The molecule has 1 aliphatic rings. The second-order valence-electron chi connectivity index (χ2n) is 13.0. The summed E-state index contributed by atoms with van der Waals surface area (Å²) >= 11 is 0. The molecule has 9 aromatic rings. The zero-order valence-corrected chi connectivity index (χ0v) is 27.8. The third kappa shape index (κ3) is 4.90. The van der Waals surface area contributed by atoms with Crippen LogP contribution in [-0.4, -0.2) is 4.57 Å². The van der Waals surface area contributed by atoms with E-state index in [-0.39, 0.29) is 0 Å². The molecule has 240 valence electrons. The monoisotopic (exact) mass is 652 g/mol. The molecule has 1 aromatic heterocycles. The number of hydrogen-bond donors (Lipinski definition) is 0. The van der Waals surface area contributed by atoms with E-state index in [1.54, 1.807) is 0 Å². The molecule has 2 heterocycles. The Bertz CT molecular complexity index is 2590. The number of para-hydroxylation sites is 4. The van der Waals surface area contributed by atoms with Crippen molar-refractivity contribution < 1.29 is 4.74 Å². The number of hydrogen-bond acceptors (Lipinski definition) is 2. The van der Waals surface area contributed by atoms with Crippen molar-refractivity contribution in [3.05, 3.63) is 194 Å². The fraction of sp³-hybridized carbons (Fsp3) is 0. The number of anilines is 3. The van der Waals surface area contributed by atoms with Crippen molar-refractivity contribution >= 4 is 38.9 Å². The molecule has 0 fully saturated rings. The van der Waals surface area contributed by atoms with Crippen LogP contribution in [-0.2, 0) is 0 Å². The van der Waals surface area contributed by atoms with E-state index in [0.717, 1.165) is 45.3 Å². The second-order valence-corrected chi connectivity index (χ2v) is 13.0. The number of aromatic nitrogens is 1. The SMILES string of the molecule is c1ccc(-c2ccc(N(c3ccc(-c4ccccc4)cc3)c3ccc(-c4cccc5c6cccc7c6n(c45)-c4ccccc4O7)cc3)cc2)cc1. The van der Waals surface area contributed by atoms with Gasteiger partial charge in [0.05, 0.1) is 16.7 Å². The average Bonchev–Trinajstić information content (AvgIpc) is 3.56. The molecule has 1 aliphatic heterocycles. The quantitative estimate of drug-likeness (QED) is 0.178. The van der Waals surface area contributed by atoms with Crippen LogP contribution in [0.2, 0.25) is 0 Å². The molecule has 3 heteroatoms. The van der Waals surface area contributed by atoms with E-state index < -0.39 is 0 Å². The van der Waals surface area contributed by atoms with Gasteiger partial charge in [0, 0.05) is 33.4 Å². The van der Waals surface area contributed by atoms with Crippen LogP contribution in [0.15, 0.2) is 194 Å². The van der Waals surface area contributed by atoms with Gasteiger partial charge in [-0.3, -0.25) is 0 Å². The van der Waals surface area contributed by atoms with Crippen molar-refractivity contribution in [3.8, 4) is 50.6 Å². The van der Waals surface area contributed by atoms with Crippen molar-refractivity contribution in [3.63, 3.8) is 0 Å². The van der Waals surface area contributed by atoms with Crippen LogP contribution in [0.3, 0.4) is 0 Å². The van der Waals surface area contributed by atoms with E-state index in [4.69, 9.17) is 4.74 Å². The molecule has 0 saturated heterocycles. The van der Waals surface area contributed by atoms with Gasteiger partial charge in [-0.05, 0) is 82.4 Å². The molecule has 10 rings (SSSR count). The van der Waals surface area contributed by atoms with Gasteiger partial charge >= 0.3 is 0 Å². The highest BCUT2D eigenvalue weighted by atomic mass is 16.5. The molecule has 0 amide bonds. The zero-order chi connectivity index (χ0) is 33.7. The van der Waals surface area contributed by atoms with Crippen molar-refractivity contribution in [2.24, 2.45) is 0 Å². The summed E-state index contributed by atoms with van der Waals surface area (Å²) in [5.41, 5.74) is 13.8. The van der Waals surface area contributed by atoms with E-state index in [1.807, 2.05) is 12.1 Å². The Kier molecular flexibility index (Phi) is 6.81. The first-order valence-electron chi connectivity index (χ1n) is 17.4. The highest BCUT2D eigenvalue weighted by Gasteiger charge is 2.25. The minimum atomic E-state index is 0.868. The first kappa shape index (κ1) is 29.1. The average molecular weight is 653 g/mol. The summed E-state index contributed by atoms with van der Waals surface area (Å²) in [4.78, 5) is 2.34. The summed E-state index contributed by atoms with van der Waals surface area (Å²) in [6.45, 7) is 0. The third-order valence-electron chi connectivity index (χ3n) is 10.0. The van der Waals surface area contributed by atoms with Crippen molar-refractivity contribution in [1.82, 2.24) is 4.57 Å². The van der Waals surface area contributed by atoms with E-state index in [1.165, 1.54) is 44.1 Å². The number of nitrogens with zero attached hydrogens (tertiary/aromatic N) is 2. The van der Waals surface area contributed by atoms with Gasteiger partial charge in [-0.15, -0.1) is 0 Å². The molecule has 0 atom stereocenters. The number of rotatable bonds is 6. The molecule has 0 spiro atoms. The van der Waals surface area contributed by atoms with Crippen LogP contribution in [0, 0.1) is 0 Å². The van der Waals surface area contributed by atoms with Gasteiger partial charge in [0.1, 0.15) is 0 Å². The Morgan fingerprint density at radius 1 is 0.333 bits per heavy atom. The Balaban J connectivity index is 1.09. The van der Waals surface area contributed by atoms with Crippen molar-refractivity contribution in [1.29, 1.82) is 0 Å². The molecule has 0 saturated carbocycles. The lowest BCUT2D eigenvalue weighted by Gasteiger charge is -2.26. The lowest BCUT2D eigenvalue weighted by atomic mass is 10.0. The minimum absolute atomic E-state index is 0.868. The van der Waals surface area contributed by atoms with E-state index in [9.17, 15) is 0 Å². The van der Waals surface area contributed by atoms with Gasteiger partial charge < -0.3 is 14.2 Å². The topological polar surface area (TPSA) is 17.4 Å². The molecule has 0 radical (unpaired) electrons. The van der Waals surface area contributed by atoms with Gasteiger partial charge in [0.15, 0.2) is 11.5 Å². The summed E-state index contributed by atoms with van der Waals surface area (Å²) in [5, 5.41) is 2.41. The molecule has 0 N–H and O–H groups in total. The molecular weight excluding hydrogens is 621 g/mol. The first-order chi connectivity index (χ1) is 25.3. The maximum absolute atomic E-state index is 6.39. The Morgan fingerprint density at radius 2 is 0.784 bits per heavy atom. The maximum atomic E-state index is 6.39. The predicted octanol–water partition coefficient (Wildman–Crippen LogP) is 13.4. The molecule has 0 unspecified atom stereocenters. The molecule has 0 aliphatic carbocycles. The van der Waals surface area contributed by atoms with E-state index in [0.29, 0.717) is 0 Å². The molecule has 8 aromatic carbocycles. The molecule has 51 heavy (non-hydrogen) atoms. The molecular formula is C48H32N2O. The largest absolute Gasteiger partial charge is 0.453 e. The Morgan fingerprint density at radius 3 is 1.37 bits per heavy atom. The minimum Gasteiger partial charge on any atom is -0.453 e. The van der Waals surface area contributed by atoms with Gasteiger partial charge in [-0.2, -0.15) is 0 Å². The van der Waals surface area contributed by atoms with Gasteiger partial charge in [0.2, 0.25) is 0 Å². The summed E-state index contributed by atoms with van der Waals surface area (Å²) in [6.07, 6.45) is 0. The summed E-state index contributed by atoms with van der Waals surface area (Å²) in [6, 6.07) is 69.1. The lowest BCUT2D eigenvalue weighted by Crippen LogP contribution is -2.09. The standard InChI is InChI=1S/C48H32N2O/c1-3-11-33(12-4-1)35-21-27-38(28-22-35)49(39-29-23-36(24-30-39)34-13-5-2-6-14-34)40-31-25-37(26-32-40)41-15-9-16-42-43-17-10-20-46-48(43)50(47(41)42)44-18-7-8-19-45(44)51-46/h1-32H. The fourth-order valence-corrected chi connectivity index (χ4v) is 7.59. The highest BCUT2D eigenvalue weighted by Crippen LogP contribution is 2.47. The van der Waals surface area contributed by atoms with Gasteiger partial charge in [0.25, 0.3) is 0 Å². The number of ether oxygens (including phenoxy) is 1. The molecule has 3 nitrogen and oxygen atoms in total. The zero-order valence-electron chi connectivity index (χ0n) is 27.8. The Labute approximate surface area is 296 Å². The first-order valence-corrected chi connectivity index (χ1v) is 17.4. The van der Waals surface area contributed by atoms with E-state index in [2.05, 4.69) is 191 Å². The normalized spacial score (nSPS) is 11.7. The maximum Gasteiger partial charge on any atom is 0.152 e. The number of benzene rings is 8. The van der Waals surface area contributed by atoms with Gasteiger partial charge in [-0.25, -0.2) is 0 Å². The van der Waals surface area contributed by atoms with E-state index >= 15 is 0 Å². The summed E-state index contributed by atoms with van der Waals surface area (Å²) in [5.74, 6) is 1.75. The van der Waals surface area contributed by atoms with Gasteiger partial charge in [-0.1, -0.05) is 140 Å². The third-order valence-corrected chi connectivity index (χ3v) is 10.0. The van der Waals surface area contributed by atoms with Crippen molar-refractivity contribution in [2.45, 2.75) is 0 Å². The molecule has 0 bridgehead atoms. The number of fused-ring (bicyclic) bond motifs is 5. The van der Waals surface area contributed by atoms with Crippen LogP contribution in [0.25, 0.3) is 60.9 Å². The second kappa shape index (κ2) is 11.9.